The summed E-state index contributed by atoms with van der Waals surface area (Å²) in [6.07, 6.45) is 1.53. The number of rotatable bonds is 5. The molecule has 0 aliphatic rings. The van der Waals surface area contributed by atoms with Crippen molar-refractivity contribution in [2.75, 3.05) is 5.32 Å². The van der Waals surface area contributed by atoms with Crippen molar-refractivity contribution in [2.45, 2.75) is 6.54 Å². The molecule has 0 atom stereocenters. The first-order chi connectivity index (χ1) is 12.1. The van der Waals surface area contributed by atoms with Crippen LogP contribution in [-0.2, 0) is 6.54 Å². The zero-order valence-corrected chi connectivity index (χ0v) is 13.9. The van der Waals surface area contributed by atoms with E-state index in [0.717, 1.165) is 5.56 Å². The number of aromatic nitrogens is 1. The number of anilines is 2. The summed E-state index contributed by atoms with van der Waals surface area (Å²) in [5.41, 5.74) is 2.08. The van der Waals surface area contributed by atoms with Gasteiger partial charge in [-0.05, 0) is 35.9 Å². The Balaban J connectivity index is 1.68. The van der Waals surface area contributed by atoms with Crippen LogP contribution >= 0.6 is 11.6 Å². The van der Waals surface area contributed by atoms with Crippen molar-refractivity contribution in [3.63, 3.8) is 0 Å². The number of halogens is 2. The number of carbonyl (C=O) groups excluding carboxylic acids is 1. The van der Waals surface area contributed by atoms with Crippen LogP contribution in [0.3, 0.4) is 0 Å². The smallest absolute Gasteiger partial charge is 0.251 e. The topological polar surface area (TPSA) is 54.0 Å². The molecule has 1 aromatic heterocycles. The molecular formula is C19H15ClFN3O. The van der Waals surface area contributed by atoms with Crippen LogP contribution in [0.5, 0.6) is 0 Å². The number of hydrogen-bond acceptors (Lipinski definition) is 3. The summed E-state index contributed by atoms with van der Waals surface area (Å²) in [7, 11) is 0. The predicted octanol–water partition coefficient (Wildman–Crippen LogP) is 4.55. The van der Waals surface area contributed by atoms with E-state index in [9.17, 15) is 9.18 Å². The summed E-state index contributed by atoms with van der Waals surface area (Å²) >= 11 is 5.76. The summed E-state index contributed by atoms with van der Waals surface area (Å²) in [5, 5.41) is 5.87. The Morgan fingerprint density at radius 2 is 1.88 bits per heavy atom. The molecule has 0 aliphatic heterocycles. The highest BCUT2D eigenvalue weighted by Gasteiger charge is 2.08. The second-order valence-electron chi connectivity index (χ2n) is 5.35. The Morgan fingerprint density at radius 3 is 2.64 bits per heavy atom. The molecule has 3 rings (SSSR count). The Morgan fingerprint density at radius 1 is 1.08 bits per heavy atom. The van der Waals surface area contributed by atoms with Gasteiger partial charge in [0.05, 0.1) is 5.02 Å². The monoisotopic (exact) mass is 355 g/mol. The standard InChI is InChI=1S/C19H15ClFN3O/c20-16-11-15(6-7-17(16)21)24-18-10-14(8-9-22-18)19(25)23-12-13-4-2-1-3-5-13/h1-11H,12H2,(H,22,24)(H,23,25). The Kier molecular flexibility index (Phi) is 5.26. The van der Waals surface area contributed by atoms with Gasteiger partial charge in [-0.15, -0.1) is 0 Å². The van der Waals surface area contributed by atoms with Crippen molar-refractivity contribution in [1.82, 2.24) is 10.3 Å². The molecule has 25 heavy (non-hydrogen) atoms. The fraction of sp³-hybridized carbons (Fsp3) is 0.0526. The molecule has 0 aliphatic carbocycles. The molecule has 2 aromatic carbocycles. The van der Waals surface area contributed by atoms with Crippen LogP contribution in [0.4, 0.5) is 15.9 Å². The molecule has 3 aromatic rings. The van der Waals surface area contributed by atoms with Gasteiger partial charge in [-0.3, -0.25) is 4.79 Å². The van der Waals surface area contributed by atoms with Crippen LogP contribution in [0.2, 0.25) is 5.02 Å². The molecule has 0 radical (unpaired) electrons. The van der Waals surface area contributed by atoms with E-state index in [1.165, 1.54) is 18.3 Å². The first kappa shape index (κ1) is 16.9. The number of nitrogens with one attached hydrogen (secondary N) is 2. The second kappa shape index (κ2) is 7.77. The third-order valence-electron chi connectivity index (χ3n) is 3.51. The minimum absolute atomic E-state index is 0.0155. The summed E-state index contributed by atoms with van der Waals surface area (Å²) in [6, 6.07) is 17.2. The van der Waals surface area contributed by atoms with Gasteiger partial charge in [0.2, 0.25) is 0 Å². The van der Waals surface area contributed by atoms with Gasteiger partial charge in [-0.2, -0.15) is 0 Å². The normalized spacial score (nSPS) is 10.3. The summed E-state index contributed by atoms with van der Waals surface area (Å²) < 4.78 is 13.2. The van der Waals surface area contributed by atoms with Crippen LogP contribution in [-0.4, -0.2) is 10.9 Å². The minimum atomic E-state index is -0.491. The molecule has 1 heterocycles. The average Bonchev–Trinajstić information content (AvgIpc) is 2.64. The maximum absolute atomic E-state index is 13.2. The highest BCUT2D eigenvalue weighted by Crippen LogP contribution is 2.22. The van der Waals surface area contributed by atoms with E-state index in [4.69, 9.17) is 11.6 Å². The van der Waals surface area contributed by atoms with E-state index in [-0.39, 0.29) is 10.9 Å². The largest absolute Gasteiger partial charge is 0.348 e. The zero-order valence-electron chi connectivity index (χ0n) is 13.2. The van der Waals surface area contributed by atoms with Gasteiger partial charge in [0.25, 0.3) is 5.91 Å². The second-order valence-corrected chi connectivity index (χ2v) is 5.76. The van der Waals surface area contributed by atoms with Gasteiger partial charge in [0.15, 0.2) is 0 Å². The minimum Gasteiger partial charge on any atom is -0.348 e. The maximum Gasteiger partial charge on any atom is 0.251 e. The van der Waals surface area contributed by atoms with Crippen molar-refractivity contribution >= 4 is 29.0 Å². The molecule has 0 saturated carbocycles. The highest BCUT2D eigenvalue weighted by molar-refractivity contribution is 6.31. The first-order valence-electron chi connectivity index (χ1n) is 7.62. The Labute approximate surface area is 149 Å². The molecule has 0 spiro atoms. The van der Waals surface area contributed by atoms with E-state index in [2.05, 4.69) is 15.6 Å². The van der Waals surface area contributed by atoms with Gasteiger partial charge in [-0.25, -0.2) is 9.37 Å². The summed E-state index contributed by atoms with van der Waals surface area (Å²) in [4.78, 5) is 16.4. The fourth-order valence-electron chi connectivity index (χ4n) is 2.24. The van der Waals surface area contributed by atoms with Gasteiger partial charge >= 0.3 is 0 Å². The van der Waals surface area contributed by atoms with Crippen molar-refractivity contribution < 1.29 is 9.18 Å². The van der Waals surface area contributed by atoms with Crippen molar-refractivity contribution in [3.8, 4) is 0 Å². The molecule has 1 amide bonds. The number of pyridine rings is 1. The summed E-state index contributed by atoms with van der Waals surface area (Å²) in [5.74, 6) is -0.226. The Bertz CT molecular complexity index is 887. The van der Waals surface area contributed by atoms with Gasteiger partial charge in [-0.1, -0.05) is 41.9 Å². The fourth-order valence-corrected chi connectivity index (χ4v) is 2.42. The number of nitrogens with zero attached hydrogens (tertiary/aromatic N) is 1. The molecule has 126 valence electrons. The van der Waals surface area contributed by atoms with Crippen LogP contribution < -0.4 is 10.6 Å². The quantitative estimate of drug-likeness (QED) is 0.706. The van der Waals surface area contributed by atoms with Crippen molar-refractivity contribution in [2.24, 2.45) is 0 Å². The van der Waals surface area contributed by atoms with E-state index in [1.54, 1.807) is 18.2 Å². The van der Waals surface area contributed by atoms with Crippen LogP contribution in [0, 0.1) is 5.82 Å². The van der Waals surface area contributed by atoms with Crippen molar-refractivity contribution in [3.05, 3.63) is 88.8 Å². The lowest BCUT2D eigenvalue weighted by Crippen LogP contribution is -2.22. The number of hydrogen-bond donors (Lipinski definition) is 2. The molecule has 0 saturated heterocycles. The van der Waals surface area contributed by atoms with E-state index in [1.807, 2.05) is 30.3 Å². The Hall–Kier alpha value is -2.92. The number of benzene rings is 2. The lowest BCUT2D eigenvalue weighted by atomic mass is 10.2. The SMILES string of the molecule is O=C(NCc1ccccc1)c1ccnc(Nc2ccc(F)c(Cl)c2)c1. The highest BCUT2D eigenvalue weighted by atomic mass is 35.5. The maximum atomic E-state index is 13.2. The van der Waals surface area contributed by atoms with Crippen molar-refractivity contribution in [1.29, 1.82) is 0 Å². The third-order valence-corrected chi connectivity index (χ3v) is 3.80. The third kappa shape index (κ3) is 4.55. The van der Waals surface area contributed by atoms with Crippen LogP contribution in [0.25, 0.3) is 0 Å². The van der Waals surface area contributed by atoms with Crippen LogP contribution in [0.15, 0.2) is 66.9 Å². The molecule has 2 N–H and O–H groups in total. The van der Waals surface area contributed by atoms with E-state index < -0.39 is 5.82 Å². The molecule has 4 nitrogen and oxygen atoms in total. The van der Waals surface area contributed by atoms with E-state index in [0.29, 0.717) is 23.6 Å². The molecule has 0 unspecified atom stereocenters. The molecule has 0 fully saturated rings. The predicted molar refractivity (Wildman–Crippen MR) is 96.5 cm³/mol. The lowest BCUT2D eigenvalue weighted by molar-refractivity contribution is 0.0951. The van der Waals surface area contributed by atoms with Gasteiger partial charge < -0.3 is 10.6 Å². The molecule has 0 bridgehead atoms. The van der Waals surface area contributed by atoms with Gasteiger partial charge in [0.1, 0.15) is 11.6 Å². The molecule has 6 heteroatoms. The average molecular weight is 356 g/mol. The number of carbonyl (C=O) groups is 1. The summed E-state index contributed by atoms with van der Waals surface area (Å²) in [6.45, 7) is 0.443. The van der Waals surface area contributed by atoms with E-state index >= 15 is 0 Å². The molecular weight excluding hydrogens is 341 g/mol. The first-order valence-corrected chi connectivity index (χ1v) is 8.00. The van der Waals surface area contributed by atoms with Crippen LogP contribution in [0.1, 0.15) is 15.9 Å². The zero-order chi connectivity index (χ0) is 17.6. The number of amides is 1. The lowest BCUT2D eigenvalue weighted by Gasteiger charge is -2.09. The van der Waals surface area contributed by atoms with Gasteiger partial charge in [0, 0.05) is 24.0 Å².